The van der Waals surface area contributed by atoms with Gasteiger partial charge in [-0.05, 0) is 55.9 Å². The molecule has 0 spiro atoms. The Labute approximate surface area is 249 Å². The number of carbonyl (C=O) groups is 2. The SMILES string of the molecule is CCOC(=O)C1=C(C)NC(=S)N[C@@H]1c1ccccc1OCC(=O)NN=Cc1cccc(OCc2ccccc2C#N)c1. The van der Waals surface area contributed by atoms with Crippen LogP contribution in [0.4, 0.5) is 0 Å². The van der Waals surface area contributed by atoms with E-state index in [2.05, 4.69) is 27.2 Å². The highest BCUT2D eigenvalue weighted by Gasteiger charge is 2.32. The number of carbonyl (C=O) groups excluding carboxylic acids is 2. The van der Waals surface area contributed by atoms with Crippen molar-refractivity contribution in [2.45, 2.75) is 26.5 Å². The second-order valence-corrected chi connectivity index (χ2v) is 9.45. The van der Waals surface area contributed by atoms with Crippen LogP contribution in [0.25, 0.3) is 0 Å². The molecule has 1 aliphatic heterocycles. The minimum Gasteiger partial charge on any atom is -0.489 e. The minimum absolute atomic E-state index is 0.222. The number of esters is 1. The fourth-order valence-electron chi connectivity index (χ4n) is 4.21. The lowest BCUT2D eigenvalue weighted by molar-refractivity contribution is -0.139. The lowest BCUT2D eigenvalue weighted by atomic mass is 9.95. The molecular formula is C31H29N5O5S. The van der Waals surface area contributed by atoms with E-state index in [-0.39, 0.29) is 19.8 Å². The van der Waals surface area contributed by atoms with Gasteiger partial charge < -0.3 is 24.8 Å². The van der Waals surface area contributed by atoms with Crippen molar-refractivity contribution < 1.29 is 23.8 Å². The Bertz CT molecular complexity index is 1580. The number of benzene rings is 3. The number of amides is 1. The second kappa shape index (κ2) is 14.4. The summed E-state index contributed by atoms with van der Waals surface area (Å²) in [7, 11) is 0. The van der Waals surface area contributed by atoms with E-state index in [0.29, 0.717) is 44.6 Å². The highest BCUT2D eigenvalue weighted by Crippen LogP contribution is 2.33. The zero-order valence-corrected chi connectivity index (χ0v) is 23.9. The van der Waals surface area contributed by atoms with E-state index in [1.54, 1.807) is 68.4 Å². The smallest absolute Gasteiger partial charge is 0.338 e. The molecule has 214 valence electrons. The van der Waals surface area contributed by atoms with Gasteiger partial charge in [-0.3, -0.25) is 4.79 Å². The highest BCUT2D eigenvalue weighted by molar-refractivity contribution is 7.80. The Morgan fingerprint density at radius 2 is 1.88 bits per heavy atom. The molecular weight excluding hydrogens is 554 g/mol. The van der Waals surface area contributed by atoms with Crippen molar-refractivity contribution in [3.63, 3.8) is 0 Å². The Balaban J connectivity index is 1.36. The second-order valence-electron chi connectivity index (χ2n) is 9.04. The molecule has 1 amide bonds. The van der Waals surface area contributed by atoms with Gasteiger partial charge in [-0.25, -0.2) is 10.2 Å². The molecule has 1 atom stereocenters. The molecule has 4 rings (SSSR count). The van der Waals surface area contributed by atoms with E-state index in [1.807, 2.05) is 18.2 Å². The molecule has 3 aromatic rings. The normalized spacial score (nSPS) is 14.4. The molecule has 1 aliphatic rings. The van der Waals surface area contributed by atoms with E-state index in [1.165, 1.54) is 6.21 Å². The van der Waals surface area contributed by atoms with Crippen molar-refractivity contribution in [2.75, 3.05) is 13.2 Å². The summed E-state index contributed by atoms with van der Waals surface area (Å²) in [6.07, 6.45) is 1.49. The van der Waals surface area contributed by atoms with Gasteiger partial charge in [0, 0.05) is 16.8 Å². The van der Waals surface area contributed by atoms with Crippen LogP contribution in [-0.2, 0) is 20.9 Å². The molecule has 0 bridgehead atoms. The van der Waals surface area contributed by atoms with Crippen molar-refractivity contribution in [3.8, 4) is 17.6 Å². The predicted molar refractivity (Wildman–Crippen MR) is 161 cm³/mol. The quantitative estimate of drug-likeness (QED) is 0.132. The number of ether oxygens (including phenoxy) is 3. The monoisotopic (exact) mass is 583 g/mol. The van der Waals surface area contributed by atoms with Crippen LogP contribution in [-0.4, -0.2) is 36.4 Å². The first-order chi connectivity index (χ1) is 20.4. The number of rotatable bonds is 11. The van der Waals surface area contributed by atoms with E-state index in [0.717, 1.165) is 5.56 Å². The van der Waals surface area contributed by atoms with Gasteiger partial charge in [0.15, 0.2) is 11.7 Å². The number of thiocarbonyl (C=S) groups is 1. The Morgan fingerprint density at radius 3 is 2.69 bits per heavy atom. The lowest BCUT2D eigenvalue weighted by Gasteiger charge is -2.30. The number of hydrogen-bond donors (Lipinski definition) is 3. The van der Waals surface area contributed by atoms with Gasteiger partial charge in [0.1, 0.15) is 18.1 Å². The van der Waals surface area contributed by atoms with Crippen LogP contribution >= 0.6 is 12.2 Å². The first-order valence-corrected chi connectivity index (χ1v) is 13.5. The number of nitriles is 1. The number of hydrazone groups is 1. The van der Waals surface area contributed by atoms with Crippen LogP contribution in [0.3, 0.4) is 0 Å². The molecule has 10 nitrogen and oxygen atoms in total. The zero-order chi connectivity index (χ0) is 29.9. The molecule has 0 radical (unpaired) electrons. The molecule has 0 unspecified atom stereocenters. The Kier molecular flexibility index (Phi) is 10.2. The number of hydrogen-bond acceptors (Lipinski definition) is 8. The maximum atomic E-state index is 12.7. The van der Waals surface area contributed by atoms with Crippen LogP contribution in [0.2, 0.25) is 0 Å². The Hall–Kier alpha value is -5.21. The third-order valence-corrected chi connectivity index (χ3v) is 6.37. The first-order valence-electron chi connectivity index (χ1n) is 13.1. The van der Waals surface area contributed by atoms with Crippen molar-refractivity contribution in [1.29, 1.82) is 5.26 Å². The summed E-state index contributed by atoms with van der Waals surface area (Å²) >= 11 is 5.31. The summed E-state index contributed by atoms with van der Waals surface area (Å²) in [6, 6.07) is 23.0. The maximum absolute atomic E-state index is 12.7. The van der Waals surface area contributed by atoms with E-state index in [9.17, 15) is 14.9 Å². The first kappa shape index (κ1) is 29.8. The average Bonchev–Trinajstić information content (AvgIpc) is 2.99. The predicted octanol–water partition coefficient (Wildman–Crippen LogP) is 4.02. The van der Waals surface area contributed by atoms with Crippen molar-refractivity contribution in [2.24, 2.45) is 5.10 Å². The highest BCUT2D eigenvalue weighted by atomic mass is 32.1. The van der Waals surface area contributed by atoms with Gasteiger partial charge in [0.25, 0.3) is 5.91 Å². The molecule has 0 aromatic heterocycles. The number of para-hydroxylation sites is 1. The van der Waals surface area contributed by atoms with Gasteiger partial charge >= 0.3 is 5.97 Å². The van der Waals surface area contributed by atoms with E-state index < -0.39 is 17.9 Å². The molecule has 0 aliphatic carbocycles. The minimum atomic E-state index is -0.627. The lowest BCUT2D eigenvalue weighted by Crippen LogP contribution is -2.45. The molecule has 11 heteroatoms. The van der Waals surface area contributed by atoms with Gasteiger partial charge in [0.2, 0.25) is 0 Å². The van der Waals surface area contributed by atoms with E-state index >= 15 is 0 Å². The topological polar surface area (TPSA) is 134 Å². The van der Waals surface area contributed by atoms with Crippen LogP contribution < -0.4 is 25.5 Å². The largest absolute Gasteiger partial charge is 0.489 e. The van der Waals surface area contributed by atoms with E-state index in [4.69, 9.17) is 26.4 Å². The standard InChI is InChI=1S/C31H29N5O5S/c1-3-39-30(38)28-20(2)34-31(42)35-29(28)25-13-6-7-14-26(25)41-19-27(37)36-33-17-21-9-8-12-24(15-21)40-18-23-11-5-4-10-22(23)16-32/h4-15,17,29H,3,18-19H2,1-2H3,(H,36,37)(H2,34,35,42)/t29-/m1/s1. The summed E-state index contributed by atoms with van der Waals surface area (Å²) in [6.45, 7) is 3.63. The number of nitrogens with zero attached hydrogens (tertiary/aromatic N) is 2. The van der Waals surface area contributed by atoms with Crippen molar-refractivity contribution in [1.82, 2.24) is 16.1 Å². The fourth-order valence-corrected chi connectivity index (χ4v) is 4.48. The van der Waals surface area contributed by atoms with Crippen LogP contribution in [0.15, 0.2) is 89.2 Å². The van der Waals surface area contributed by atoms with Crippen LogP contribution in [0.1, 0.15) is 42.1 Å². The van der Waals surface area contributed by atoms with Gasteiger partial charge in [-0.15, -0.1) is 0 Å². The molecule has 1 heterocycles. The summed E-state index contributed by atoms with van der Waals surface area (Å²) < 4.78 is 16.9. The third kappa shape index (κ3) is 7.71. The van der Waals surface area contributed by atoms with Gasteiger partial charge in [-0.2, -0.15) is 10.4 Å². The molecule has 0 fully saturated rings. The summed E-state index contributed by atoms with van der Waals surface area (Å²) in [5.41, 5.74) is 6.06. The molecule has 42 heavy (non-hydrogen) atoms. The number of allylic oxidation sites excluding steroid dienone is 1. The maximum Gasteiger partial charge on any atom is 0.338 e. The van der Waals surface area contributed by atoms with Crippen molar-refractivity contribution >= 4 is 35.4 Å². The molecule has 0 saturated heterocycles. The molecule has 3 N–H and O–H groups in total. The fraction of sp³-hybridized carbons (Fsp3) is 0.194. The van der Waals surface area contributed by atoms with Gasteiger partial charge in [-0.1, -0.05) is 48.5 Å². The third-order valence-electron chi connectivity index (χ3n) is 6.15. The van der Waals surface area contributed by atoms with Crippen LogP contribution in [0.5, 0.6) is 11.5 Å². The average molecular weight is 584 g/mol. The summed E-state index contributed by atoms with van der Waals surface area (Å²) in [4.78, 5) is 25.2. The summed E-state index contributed by atoms with van der Waals surface area (Å²) in [5, 5.41) is 19.7. The van der Waals surface area contributed by atoms with Gasteiger partial charge in [0.05, 0.1) is 36.1 Å². The summed E-state index contributed by atoms with van der Waals surface area (Å²) in [5.74, 6) is 0.0326. The van der Waals surface area contributed by atoms with Crippen molar-refractivity contribution in [3.05, 3.63) is 106 Å². The Morgan fingerprint density at radius 1 is 1.10 bits per heavy atom. The molecule has 0 saturated carbocycles. The molecule has 3 aromatic carbocycles. The zero-order valence-electron chi connectivity index (χ0n) is 23.0. The number of nitrogens with one attached hydrogen (secondary N) is 3. The van der Waals surface area contributed by atoms with Crippen LogP contribution in [0, 0.1) is 11.3 Å².